The van der Waals surface area contributed by atoms with Crippen LogP contribution in [-0.2, 0) is 4.33 Å². The van der Waals surface area contributed by atoms with Crippen LogP contribution < -0.4 is 0 Å². The van der Waals surface area contributed by atoms with E-state index in [9.17, 15) is 4.39 Å². The van der Waals surface area contributed by atoms with E-state index in [0.717, 1.165) is 0 Å². The van der Waals surface area contributed by atoms with E-state index in [1.807, 2.05) is 0 Å². The van der Waals surface area contributed by atoms with Crippen molar-refractivity contribution in [1.82, 2.24) is 0 Å². The van der Waals surface area contributed by atoms with Gasteiger partial charge in [-0.2, -0.15) is 0 Å². The summed E-state index contributed by atoms with van der Waals surface area (Å²) in [6.45, 7) is 1.60. The minimum atomic E-state index is -1.01. The van der Waals surface area contributed by atoms with Crippen LogP contribution in [0.5, 0.6) is 0 Å². The molecule has 0 heterocycles. The van der Waals surface area contributed by atoms with Gasteiger partial charge in [0.1, 0.15) is 10.2 Å². The Hall–Kier alpha value is -0.270. The highest BCUT2D eigenvalue weighted by atomic mass is 35.5. The van der Waals surface area contributed by atoms with Gasteiger partial charge in [-0.05, 0) is 24.6 Å². The smallest absolute Gasteiger partial charge is 0.140 e. The maximum absolute atomic E-state index is 12.6. The normalized spacial score (nSPS) is 11.6. The highest BCUT2D eigenvalue weighted by Crippen LogP contribution is 2.32. The molecule has 11 heavy (non-hydrogen) atoms. The maximum atomic E-state index is 12.6. The van der Waals surface area contributed by atoms with Crippen molar-refractivity contribution in [3.8, 4) is 0 Å². The van der Waals surface area contributed by atoms with Gasteiger partial charge in [-0.1, -0.05) is 35.3 Å². The third kappa shape index (κ3) is 2.35. The van der Waals surface area contributed by atoms with Crippen LogP contribution in [0.4, 0.5) is 4.39 Å². The molecule has 0 saturated carbocycles. The summed E-state index contributed by atoms with van der Waals surface area (Å²) in [5.41, 5.74) is 0.570. The van der Waals surface area contributed by atoms with Crippen molar-refractivity contribution in [2.75, 3.05) is 0 Å². The van der Waals surface area contributed by atoms with E-state index in [2.05, 4.69) is 0 Å². The van der Waals surface area contributed by atoms with Gasteiger partial charge in [-0.25, -0.2) is 4.39 Å². The van der Waals surface area contributed by atoms with Gasteiger partial charge in [0, 0.05) is 0 Å². The first kappa shape index (κ1) is 8.82. The Kier molecular flexibility index (Phi) is 2.40. The molecule has 1 aromatic rings. The van der Waals surface area contributed by atoms with Crippen LogP contribution in [0.1, 0.15) is 12.5 Å². The van der Waals surface area contributed by atoms with Gasteiger partial charge in [0.2, 0.25) is 0 Å². The Labute approximate surface area is 74.9 Å². The Balaban J connectivity index is 3.06. The van der Waals surface area contributed by atoms with Crippen LogP contribution in [0, 0.1) is 5.82 Å². The van der Waals surface area contributed by atoms with Gasteiger partial charge < -0.3 is 0 Å². The lowest BCUT2D eigenvalue weighted by Gasteiger charge is -2.12. The van der Waals surface area contributed by atoms with E-state index in [1.54, 1.807) is 19.1 Å². The highest BCUT2D eigenvalue weighted by molar-refractivity contribution is 6.47. The molecule has 0 atom stereocenters. The van der Waals surface area contributed by atoms with Crippen LogP contribution in [-0.4, -0.2) is 0 Å². The summed E-state index contributed by atoms with van der Waals surface area (Å²) in [5, 5.41) is 0. The molecule has 0 saturated heterocycles. The second-order valence-electron chi connectivity index (χ2n) is 2.40. The maximum Gasteiger partial charge on any atom is 0.140 e. The molecule has 0 spiro atoms. The molecule has 0 unspecified atom stereocenters. The summed E-state index contributed by atoms with van der Waals surface area (Å²) in [6, 6.07) is 5.93. The predicted octanol–water partition coefficient (Wildman–Crippen LogP) is 3.48. The van der Waals surface area contributed by atoms with Gasteiger partial charge in [0.25, 0.3) is 0 Å². The van der Waals surface area contributed by atoms with Gasteiger partial charge in [0.15, 0.2) is 0 Å². The molecule has 0 aliphatic heterocycles. The molecular weight excluding hydrogens is 186 g/mol. The van der Waals surface area contributed by atoms with Gasteiger partial charge >= 0.3 is 0 Å². The number of hydrogen-bond acceptors (Lipinski definition) is 0. The van der Waals surface area contributed by atoms with E-state index >= 15 is 0 Å². The largest absolute Gasteiger partial charge is 0.207 e. The van der Waals surface area contributed by atoms with Crippen LogP contribution in [0.25, 0.3) is 0 Å². The van der Waals surface area contributed by atoms with Gasteiger partial charge in [-0.3, -0.25) is 0 Å². The fraction of sp³-hybridized carbons (Fsp3) is 0.250. The summed E-state index contributed by atoms with van der Waals surface area (Å²) >= 11 is 11.5. The van der Waals surface area contributed by atoms with Crippen molar-refractivity contribution in [1.29, 1.82) is 0 Å². The van der Waals surface area contributed by atoms with E-state index in [1.165, 1.54) is 12.1 Å². The van der Waals surface area contributed by atoms with E-state index < -0.39 is 4.33 Å². The summed E-state index contributed by atoms with van der Waals surface area (Å²) in [6.07, 6.45) is 0. The molecule has 0 amide bonds. The zero-order chi connectivity index (χ0) is 8.48. The lowest BCUT2D eigenvalue weighted by atomic mass is 10.1. The molecule has 0 fully saturated rings. The van der Waals surface area contributed by atoms with Crippen molar-refractivity contribution in [2.45, 2.75) is 11.3 Å². The molecule has 0 N–H and O–H groups in total. The molecule has 0 aromatic heterocycles. The molecular formula is C8H7Cl2F. The van der Waals surface area contributed by atoms with E-state index in [-0.39, 0.29) is 5.82 Å². The van der Waals surface area contributed by atoms with Crippen molar-refractivity contribution in [2.24, 2.45) is 0 Å². The van der Waals surface area contributed by atoms with Crippen LogP contribution >= 0.6 is 23.2 Å². The minimum absolute atomic E-state index is 0.324. The molecule has 0 aliphatic carbocycles. The van der Waals surface area contributed by atoms with Crippen molar-refractivity contribution >= 4 is 23.2 Å². The number of benzene rings is 1. The Morgan fingerprint density at radius 1 is 1.36 bits per heavy atom. The first-order valence-electron chi connectivity index (χ1n) is 3.14. The lowest BCUT2D eigenvalue weighted by Crippen LogP contribution is -2.03. The van der Waals surface area contributed by atoms with Gasteiger partial charge in [-0.15, -0.1) is 0 Å². The standard InChI is InChI=1S/C8H7Cl2F/c1-8(9,10)6-3-2-4-7(11)5-6/h2-5H,1H3. The molecule has 60 valence electrons. The average molecular weight is 193 g/mol. The quantitative estimate of drug-likeness (QED) is 0.599. The van der Waals surface area contributed by atoms with Crippen molar-refractivity contribution in [3.63, 3.8) is 0 Å². The van der Waals surface area contributed by atoms with Crippen LogP contribution in [0.15, 0.2) is 24.3 Å². The summed E-state index contributed by atoms with van der Waals surface area (Å²) in [4.78, 5) is 0. The molecule has 0 radical (unpaired) electrons. The van der Waals surface area contributed by atoms with Crippen LogP contribution in [0.2, 0.25) is 0 Å². The first-order valence-corrected chi connectivity index (χ1v) is 3.89. The number of hydrogen-bond donors (Lipinski definition) is 0. The molecule has 0 nitrogen and oxygen atoms in total. The zero-order valence-electron chi connectivity index (χ0n) is 5.94. The molecule has 1 rings (SSSR count). The van der Waals surface area contributed by atoms with Crippen LogP contribution in [0.3, 0.4) is 0 Å². The molecule has 3 heteroatoms. The van der Waals surface area contributed by atoms with Gasteiger partial charge in [0.05, 0.1) is 0 Å². The summed E-state index contributed by atoms with van der Waals surface area (Å²) in [5.74, 6) is -0.324. The monoisotopic (exact) mass is 192 g/mol. The SMILES string of the molecule is CC(Cl)(Cl)c1cccc(F)c1. The Morgan fingerprint density at radius 3 is 2.36 bits per heavy atom. The first-order chi connectivity index (χ1) is 5.00. The number of alkyl halides is 2. The minimum Gasteiger partial charge on any atom is -0.207 e. The second kappa shape index (κ2) is 3.00. The second-order valence-corrected chi connectivity index (χ2v) is 4.10. The third-order valence-electron chi connectivity index (χ3n) is 1.33. The Bertz CT molecular complexity index is 253. The zero-order valence-corrected chi connectivity index (χ0v) is 7.46. The van der Waals surface area contributed by atoms with Crippen molar-refractivity contribution in [3.05, 3.63) is 35.6 Å². The molecule has 1 aromatic carbocycles. The Morgan fingerprint density at radius 2 is 2.00 bits per heavy atom. The summed E-state index contributed by atoms with van der Waals surface area (Å²) in [7, 11) is 0. The highest BCUT2D eigenvalue weighted by Gasteiger charge is 2.19. The predicted molar refractivity (Wildman–Crippen MR) is 45.5 cm³/mol. The van der Waals surface area contributed by atoms with E-state index in [4.69, 9.17) is 23.2 Å². The van der Waals surface area contributed by atoms with Crippen molar-refractivity contribution < 1.29 is 4.39 Å². The topological polar surface area (TPSA) is 0 Å². The lowest BCUT2D eigenvalue weighted by molar-refractivity contribution is 0.624. The summed E-state index contributed by atoms with van der Waals surface area (Å²) < 4.78 is 11.6. The number of rotatable bonds is 1. The molecule has 0 bridgehead atoms. The number of halogens is 3. The average Bonchev–Trinajstić information content (AvgIpc) is 1.86. The van der Waals surface area contributed by atoms with E-state index in [0.29, 0.717) is 5.56 Å². The third-order valence-corrected chi connectivity index (χ3v) is 1.77. The fourth-order valence-electron chi connectivity index (χ4n) is 0.762. The fourth-order valence-corrected chi connectivity index (χ4v) is 0.997. The molecule has 0 aliphatic rings.